The van der Waals surface area contributed by atoms with Gasteiger partial charge in [0.25, 0.3) is 0 Å². The number of hydrogen-bond donors (Lipinski definition) is 1. The van der Waals surface area contributed by atoms with E-state index in [0.717, 1.165) is 9.13 Å². The molecule has 0 heterocycles. The number of nitrogens with two attached hydrogens (primary N) is 1. The molecule has 94 valence electrons. The zero-order valence-electron chi connectivity index (χ0n) is 9.13. The second-order valence-corrected chi connectivity index (χ2v) is 5.82. The SMILES string of the molecule is NC(c1ccc(I)c(Cl)c1)c1ccc(Cl)cc1F. The van der Waals surface area contributed by atoms with Gasteiger partial charge in [-0.2, -0.15) is 0 Å². The Morgan fingerprint density at radius 1 is 1.11 bits per heavy atom. The summed E-state index contributed by atoms with van der Waals surface area (Å²) in [7, 11) is 0. The molecule has 0 saturated heterocycles. The van der Waals surface area contributed by atoms with Crippen LogP contribution in [0.1, 0.15) is 17.2 Å². The summed E-state index contributed by atoms with van der Waals surface area (Å²) in [5.41, 5.74) is 7.21. The molecule has 18 heavy (non-hydrogen) atoms. The summed E-state index contributed by atoms with van der Waals surface area (Å²) in [6.45, 7) is 0. The third-order valence-electron chi connectivity index (χ3n) is 2.60. The maximum Gasteiger partial charge on any atom is 0.129 e. The topological polar surface area (TPSA) is 26.0 Å². The minimum atomic E-state index is -0.559. The first-order valence-corrected chi connectivity index (χ1v) is 6.98. The van der Waals surface area contributed by atoms with Gasteiger partial charge in [-0.1, -0.05) is 35.3 Å². The first-order valence-electron chi connectivity index (χ1n) is 5.14. The maximum atomic E-state index is 13.8. The Hall–Kier alpha value is -0.360. The first kappa shape index (κ1) is 14.1. The largest absolute Gasteiger partial charge is 0.320 e. The lowest BCUT2D eigenvalue weighted by atomic mass is 9.99. The first-order chi connectivity index (χ1) is 8.49. The Morgan fingerprint density at radius 3 is 2.44 bits per heavy atom. The summed E-state index contributed by atoms with van der Waals surface area (Å²) >= 11 is 13.9. The van der Waals surface area contributed by atoms with Crippen molar-refractivity contribution in [2.75, 3.05) is 0 Å². The minimum Gasteiger partial charge on any atom is -0.320 e. The highest BCUT2D eigenvalue weighted by Gasteiger charge is 2.14. The van der Waals surface area contributed by atoms with E-state index in [1.54, 1.807) is 18.2 Å². The maximum absolute atomic E-state index is 13.8. The Morgan fingerprint density at radius 2 is 1.83 bits per heavy atom. The van der Waals surface area contributed by atoms with Crippen molar-refractivity contribution < 1.29 is 4.39 Å². The summed E-state index contributed by atoms with van der Waals surface area (Å²) in [6.07, 6.45) is 0. The normalized spacial score (nSPS) is 12.5. The smallest absolute Gasteiger partial charge is 0.129 e. The van der Waals surface area contributed by atoms with Crippen molar-refractivity contribution >= 4 is 45.8 Å². The molecule has 2 aromatic carbocycles. The van der Waals surface area contributed by atoms with Gasteiger partial charge in [-0.3, -0.25) is 0 Å². The summed E-state index contributed by atoms with van der Waals surface area (Å²) in [5.74, 6) is -0.412. The molecule has 2 rings (SSSR count). The molecule has 2 N–H and O–H groups in total. The fourth-order valence-electron chi connectivity index (χ4n) is 1.64. The van der Waals surface area contributed by atoms with Crippen molar-refractivity contribution in [2.24, 2.45) is 5.73 Å². The Kier molecular flexibility index (Phi) is 4.48. The summed E-state index contributed by atoms with van der Waals surface area (Å²) in [5, 5.41) is 0.960. The van der Waals surface area contributed by atoms with Gasteiger partial charge in [-0.15, -0.1) is 0 Å². The van der Waals surface area contributed by atoms with E-state index in [-0.39, 0.29) is 0 Å². The molecule has 0 aromatic heterocycles. The third-order valence-corrected chi connectivity index (χ3v) is 4.41. The van der Waals surface area contributed by atoms with Crippen LogP contribution < -0.4 is 5.73 Å². The molecule has 0 saturated carbocycles. The van der Waals surface area contributed by atoms with Crippen molar-refractivity contribution in [3.63, 3.8) is 0 Å². The molecule has 1 atom stereocenters. The van der Waals surface area contributed by atoms with Gasteiger partial charge in [-0.25, -0.2) is 4.39 Å². The molecule has 0 aliphatic rings. The molecular formula is C13H9Cl2FIN. The lowest BCUT2D eigenvalue weighted by Gasteiger charge is -2.14. The third kappa shape index (κ3) is 2.96. The monoisotopic (exact) mass is 395 g/mol. The van der Waals surface area contributed by atoms with Crippen LogP contribution in [0.3, 0.4) is 0 Å². The van der Waals surface area contributed by atoms with Crippen LogP contribution in [0.4, 0.5) is 4.39 Å². The molecule has 0 bridgehead atoms. The van der Waals surface area contributed by atoms with Gasteiger partial charge in [0.1, 0.15) is 5.82 Å². The molecule has 2 aromatic rings. The number of rotatable bonds is 2. The van der Waals surface area contributed by atoms with Gasteiger partial charge in [-0.05, 0) is 52.4 Å². The van der Waals surface area contributed by atoms with Crippen molar-refractivity contribution in [3.8, 4) is 0 Å². The van der Waals surface area contributed by atoms with Crippen LogP contribution in [-0.4, -0.2) is 0 Å². The molecule has 1 nitrogen and oxygen atoms in total. The predicted molar refractivity (Wildman–Crippen MR) is 81.6 cm³/mol. The fourth-order valence-corrected chi connectivity index (χ4v) is 2.32. The standard InChI is InChI=1S/C13H9Cl2FIN/c14-8-2-3-9(11(16)6-8)13(18)7-1-4-12(17)10(15)5-7/h1-6,13H,18H2. The lowest BCUT2D eigenvalue weighted by Crippen LogP contribution is -2.13. The second kappa shape index (κ2) is 5.74. The van der Waals surface area contributed by atoms with Crippen LogP contribution >= 0.6 is 45.8 Å². The summed E-state index contributed by atoms with van der Waals surface area (Å²) in [4.78, 5) is 0. The van der Waals surface area contributed by atoms with Gasteiger partial charge < -0.3 is 5.73 Å². The van der Waals surface area contributed by atoms with Crippen LogP contribution in [0.25, 0.3) is 0 Å². The van der Waals surface area contributed by atoms with E-state index < -0.39 is 11.9 Å². The number of halogens is 4. The molecular weight excluding hydrogens is 387 g/mol. The highest BCUT2D eigenvalue weighted by molar-refractivity contribution is 14.1. The quantitative estimate of drug-likeness (QED) is 0.727. The van der Waals surface area contributed by atoms with E-state index in [1.165, 1.54) is 6.07 Å². The molecule has 0 radical (unpaired) electrons. The van der Waals surface area contributed by atoms with E-state index in [0.29, 0.717) is 15.6 Å². The lowest BCUT2D eigenvalue weighted by molar-refractivity contribution is 0.600. The summed E-state index contributed by atoms with van der Waals surface area (Å²) in [6, 6.07) is 9.35. The minimum absolute atomic E-state index is 0.351. The highest BCUT2D eigenvalue weighted by Crippen LogP contribution is 2.28. The van der Waals surface area contributed by atoms with Crippen molar-refractivity contribution in [2.45, 2.75) is 6.04 Å². The van der Waals surface area contributed by atoms with Gasteiger partial charge in [0, 0.05) is 14.2 Å². The Balaban J connectivity index is 2.41. The average molecular weight is 396 g/mol. The van der Waals surface area contributed by atoms with Gasteiger partial charge in [0.05, 0.1) is 11.1 Å². The van der Waals surface area contributed by atoms with Crippen LogP contribution in [0.5, 0.6) is 0 Å². The molecule has 0 spiro atoms. The van der Waals surface area contributed by atoms with E-state index in [9.17, 15) is 4.39 Å². The molecule has 5 heteroatoms. The van der Waals surface area contributed by atoms with E-state index >= 15 is 0 Å². The second-order valence-electron chi connectivity index (χ2n) is 3.82. The van der Waals surface area contributed by atoms with Gasteiger partial charge >= 0.3 is 0 Å². The predicted octanol–water partition coefficient (Wildman–Crippen LogP) is 4.79. The van der Waals surface area contributed by atoms with E-state index in [4.69, 9.17) is 28.9 Å². The summed E-state index contributed by atoms with van der Waals surface area (Å²) < 4.78 is 14.7. The van der Waals surface area contributed by atoms with Crippen molar-refractivity contribution in [1.29, 1.82) is 0 Å². The molecule has 0 aliphatic heterocycles. The molecule has 1 unspecified atom stereocenters. The fraction of sp³-hybridized carbons (Fsp3) is 0.0769. The van der Waals surface area contributed by atoms with Gasteiger partial charge in [0.15, 0.2) is 0 Å². The average Bonchev–Trinajstić information content (AvgIpc) is 2.32. The molecule has 0 amide bonds. The number of benzene rings is 2. The van der Waals surface area contributed by atoms with Crippen LogP contribution in [0.2, 0.25) is 10.0 Å². The highest BCUT2D eigenvalue weighted by atomic mass is 127. The Bertz CT molecular complexity index is 589. The Labute approximate surface area is 128 Å². The van der Waals surface area contributed by atoms with Crippen LogP contribution in [-0.2, 0) is 0 Å². The zero-order chi connectivity index (χ0) is 13.3. The van der Waals surface area contributed by atoms with Gasteiger partial charge in [0.2, 0.25) is 0 Å². The van der Waals surface area contributed by atoms with Crippen LogP contribution in [0, 0.1) is 9.39 Å². The van der Waals surface area contributed by atoms with Crippen molar-refractivity contribution in [1.82, 2.24) is 0 Å². The molecule has 0 aliphatic carbocycles. The van der Waals surface area contributed by atoms with Crippen LogP contribution in [0.15, 0.2) is 36.4 Å². The number of hydrogen-bond acceptors (Lipinski definition) is 1. The van der Waals surface area contributed by atoms with E-state index in [1.807, 2.05) is 12.1 Å². The molecule has 0 fully saturated rings. The van der Waals surface area contributed by atoms with E-state index in [2.05, 4.69) is 22.6 Å². The zero-order valence-corrected chi connectivity index (χ0v) is 12.8. The van der Waals surface area contributed by atoms with Crippen molar-refractivity contribution in [3.05, 3.63) is 67.0 Å².